The second-order valence-corrected chi connectivity index (χ2v) is 3.18. The number of aryl methyl sites for hydroxylation is 1. The maximum Gasteiger partial charge on any atom is 0.389 e. The van der Waals surface area contributed by atoms with Crippen LogP contribution in [0, 0.1) is 0 Å². The molecule has 0 amide bonds. The van der Waals surface area contributed by atoms with Crippen molar-refractivity contribution in [1.82, 2.24) is 10.1 Å². The molecule has 0 aliphatic carbocycles. The Morgan fingerprint density at radius 1 is 1.47 bits per heavy atom. The Hall–Kier alpha value is -1.11. The van der Waals surface area contributed by atoms with E-state index in [2.05, 4.69) is 10.1 Å². The summed E-state index contributed by atoms with van der Waals surface area (Å²) in [6, 6.07) is -0.405. The van der Waals surface area contributed by atoms with E-state index in [-0.39, 0.29) is 18.1 Å². The molecule has 15 heavy (non-hydrogen) atoms. The summed E-state index contributed by atoms with van der Waals surface area (Å²) in [7, 11) is 0. The molecule has 0 bridgehead atoms. The third-order valence-corrected chi connectivity index (χ3v) is 1.87. The van der Waals surface area contributed by atoms with Crippen molar-refractivity contribution in [3.63, 3.8) is 0 Å². The zero-order valence-corrected chi connectivity index (χ0v) is 8.21. The molecule has 0 aliphatic heterocycles. The molecule has 1 aromatic rings. The first-order valence-corrected chi connectivity index (χ1v) is 4.57. The highest BCUT2D eigenvalue weighted by Crippen LogP contribution is 2.21. The van der Waals surface area contributed by atoms with E-state index < -0.39 is 18.6 Å². The summed E-state index contributed by atoms with van der Waals surface area (Å²) in [6.45, 7) is 1.82. The summed E-state index contributed by atoms with van der Waals surface area (Å²) >= 11 is 0. The van der Waals surface area contributed by atoms with Crippen molar-refractivity contribution >= 4 is 0 Å². The third-order valence-electron chi connectivity index (χ3n) is 1.87. The van der Waals surface area contributed by atoms with Crippen LogP contribution in [0.25, 0.3) is 0 Å². The molecule has 0 aliphatic rings. The van der Waals surface area contributed by atoms with Crippen molar-refractivity contribution in [3.05, 3.63) is 11.7 Å². The summed E-state index contributed by atoms with van der Waals surface area (Å²) in [5, 5.41) is 3.42. The monoisotopic (exact) mass is 223 g/mol. The standard InChI is InChI=1S/C8H12F3N3O/c1-2-5(12)7-13-6(14-15-7)3-4-8(9,10)11/h5H,2-4,12H2,1H3. The minimum atomic E-state index is -4.20. The molecule has 0 aromatic carbocycles. The van der Waals surface area contributed by atoms with Crippen LogP contribution in [0.5, 0.6) is 0 Å². The van der Waals surface area contributed by atoms with Gasteiger partial charge in [0.2, 0.25) is 5.89 Å². The summed E-state index contributed by atoms with van der Waals surface area (Å²) in [4.78, 5) is 3.78. The van der Waals surface area contributed by atoms with E-state index >= 15 is 0 Å². The normalized spacial score (nSPS) is 14.2. The molecule has 0 fully saturated rings. The predicted molar refractivity (Wildman–Crippen MR) is 45.9 cm³/mol. The van der Waals surface area contributed by atoms with Crippen LogP contribution >= 0.6 is 0 Å². The van der Waals surface area contributed by atoms with Crippen molar-refractivity contribution in [3.8, 4) is 0 Å². The summed E-state index contributed by atoms with van der Waals surface area (Å²) in [5.74, 6) is 0.237. The second-order valence-electron chi connectivity index (χ2n) is 3.18. The van der Waals surface area contributed by atoms with Crippen molar-refractivity contribution in [2.45, 2.75) is 38.4 Å². The van der Waals surface area contributed by atoms with E-state index in [9.17, 15) is 13.2 Å². The van der Waals surface area contributed by atoms with Crippen LogP contribution in [0.2, 0.25) is 0 Å². The van der Waals surface area contributed by atoms with Crippen LogP contribution in [-0.4, -0.2) is 16.3 Å². The van der Waals surface area contributed by atoms with Crippen LogP contribution in [0.4, 0.5) is 13.2 Å². The lowest BCUT2D eigenvalue weighted by atomic mass is 10.2. The molecular formula is C8H12F3N3O. The van der Waals surface area contributed by atoms with Gasteiger partial charge in [-0.15, -0.1) is 0 Å². The molecule has 1 rings (SSSR count). The predicted octanol–water partition coefficient (Wildman–Crippen LogP) is 1.97. The third kappa shape index (κ3) is 3.86. The minimum Gasteiger partial charge on any atom is -0.338 e. The quantitative estimate of drug-likeness (QED) is 0.847. The number of halogens is 3. The minimum absolute atomic E-state index is 0.0474. The molecular weight excluding hydrogens is 211 g/mol. The van der Waals surface area contributed by atoms with E-state index in [0.29, 0.717) is 6.42 Å². The van der Waals surface area contributed by atoms with Crippen LogP contribution < -0.4 is 5.73 Å². The maximum absolute atomic E-state index is 11.9. The van der Waals surface area contributed by atoms with Crippen molar-refractivity contribution in [2.24, 2.45) is 5.73 Å². The average Bonchev–Trinajstić information content (AvgIpc) is 2.61. The van der Waals surface area contributed by atoms with Gasteiger partial charge in [0.15, 0.2) is 5.82 Å². The Bertz CT molecular complexity index is 310. The van der Waals surface area contributed by atoms with Gasteiger partial charge in [-0.05, 0) is 6.42 Å². The number of hydrogen-bond donors (Lipinski definition) is 1. The molecule has 0 spiro atoms. The zero-order chi connectivity index (χ0) is 11.5. The second kappa shape index (κ2) is 4.61. The first kappa shape index (κ1) is 12.0. The van der Waals surface area contributed by atoms with Gasteiger partial charge < -0.3 is 10.3 Å². The van der Waals surface area contributed by atoms with E-state index in [1.54, 1.807) is 0 Å². The van der Waals surface area contributed by atoms with Gasteiger partial charge in [-0.2, -0.15) is 18.2 Å². The fourth-order valence-corrected chi connectivity index (χ4v) is 0.948. The van der Waals surface area contributed by atoms with Crippen molar-refractivity contribution < 1.29 is 17.7 Å². The molecule has 1 unspecified atom stereocenters. The largest absolute Gasteiger partial charge is 0.389 e. The van der Waals surface area contributed by atoms with Crippen LogP contribution in [0.15, 0.2) is 4.52 Å². The number of alkyl halides is 3. The van der Waals surface area contributed by atoms with Crippen molar-refractivity contribution in [1.29, 1.82) is 0 Å². The summed E-state index contributed by atoms with van der Waals surface area (Å²) in [5.41, 5.74) is 5.57. The Balaban J connectivity index is 2.53. The molecule has 1 heterocycles. The lowest BCUT2D eigenvalue weighted by Gasteiger charge is -2.02. The number of nitrogens with two attached hydrogens (primary N) is 1. The first-order chi connectivity index (χ1) is 6.92. The van der Waals surface area contributed by atoms with Gasteiger partial charge in [0.25, 0.3) is 0 Å². The van der Waals surface area contributed by atoms with E-state index in [4.69, 9.17) is 10.3 Å². The molecule has 4 nitrogen and oxygen atoms in total. The smallest absolute Gasteiger partial charge is 0.338 e. The number of rotatable bonds is 4. The van der Waals surface area contributed by atoms with E-state index in [1.807, 2.05) is 6.92 Å². The van der Waals surface area contributed by atoms with E-state index in [0.717, 1.165) is 0 Å². The molecule has 0 saturated heterocycles. The van der Waals surface area contributed by atoms with Gasteiger partial charge in [-0.1, -0.05) is 12.1 Å². The van der Waals surface area contributed by atoms with Gasteiger partial charge in [-0.25, -0.2) is 0 Å². The Kier molecular flexibility index (Phi) is 3.67. The van der Waals surface area contributed by atoms with Gasteiger partial charge in [0.05, 0.1) is 12.5 Å². The Morgan fingerprint density at radius 2 is 2.13 bits per heavy atom. The molecule has 86 valence electrons. The lowest BCUT2D eigenvalue weighted by Crippen LogP contribution is -2.10. The lowest BCUT2D eigenvalue weighted by molar-refractivity contribution is -0.134. The van der Waals surface area contributed by atoms with Gasteiger partial charge in [-0.3, -0.25) is 0 Å². The van der Waals surface area contributed by atoms with Crippen LogP contribution in [0.1, 0.15) is 37.5 Å². The van der Waals surface area contributed by atoms with Gasteiger partial charge >= 0.3 is 6.18 Å². The Labute approximate surface area is 84.6 Å². The Morgan fingerprint density at radius 3 is 2.67 bits per heavy atom. The summed E-state index contributed by atoms with van der Waals surface area (Å²) in [6.07, 6.45) is -4.83. The highest BCUT2D eigenvalue weighted by molar-refractivity contribution is 4.91. The molecule has 1 atom stereocenters. The van der Waals surface area contributed by atoms with E-state index in [1.165, 1.54) is 0 Å². The van der Waals surface area contributed by atoms with Gasteiger partial charge in [0, 0.05) is 6.42 Å². The fraction of sp³-hybridized carbons (Fsp3) is 0.750. The number of hydrogen-bond acceptors (Lipinski definition) is 4. The van der Waals surface area contributed by atoms with Crippen LogP contribution in [0.3, 0.4) is 0 Å². The molecule has 7 heteroatoms. The maximum atomic E-state index is 11.9. The topological polar surface area (TPSA) is 64.9 Å². The SMILES string of the molecule is CCC(N)c1nc(CCC(F)(F)F)no1. The highest BCUT2D eigenvalue weighted by Gasteiger charge is 2.27. The first-order valence-electron chi connectivity index (χ1n) is 4.57. The number of aromatic nitrogens is 2. The molecule has 0 radical (unpaired) electrons. The average molecular weight is 223 g/mol. The zero-order valence-electron chi connectivity index (χ0n) is 8.21. The fourth-order valence-electron chi connectivity index (χ4n) is 0.948. The van der Waals surface area contributed by atoms with Crippen molar-refractivity contribution in [2.75, 3.05) is 0 Å². The molecule has 1 aromatic heterocycles. The molecule has 2 N–H and O–H groups in total. The number of nitrogens with zero attached hydrogens (tertiary/aromatic N) is 2. The van der Waals surface area contributed by atoms with Gasteiger partial charge in [0.1, 0.15) is 0 Å². The highest BCUT2D eigenvalue weighted by atomic mass is 19.4. The molecule has 0 saturated carbocycles. The van der Waals surface area contributed by atoms with Crippen LogP contribution in [-0.2, 0) is 6.42 Å². The summed E-state index contributed by atoms with van der Waals surface area (Å²) < 4.78 is 40.3.